The molecule has 0 bridgehead atoms. The van der Waals surface area contributed by atoms with Crippen molar-refractivity contribution >= 4 is 44.8 Å². The van der Waals surface area contributed by atoms with Gasteiger partial charge in [0.1, 0.15) is 6.54 Å². The summed E-state index contributed by atoms with van der Waals surface area (Å²) in [6, 6.07) is 1.71. The number of nitrogens with zero attached hydrogens (tertiary/aromatic N) is 2. The SMILES string of the molecule is O=C(O)Cn1cc(NC(=O)c2csc(Br)c2)cn1. The Morgan fingerprint density at radius 2 is 2.33 bits per heavy atom. The number of nitrogens with one attached hydrogen (secondary N) is 1. The number of aromatic nitrogens is 2. The summed E-state index contributed by atoms with van der Waals surface area (Å²) in [7, 11) is 0. The minimum Gasteiger partial charge on any atom is -0.480 e. The zero-order chi connectivity index (χ0) is 13.1. The third-order valence-corrected chi connectivity index (χ3v) is 3.52. The van der Waals surface area contributed by atoms with Gasteiger partial charge in [0.05, 0.1) is 21.2 Å². The van der Waals surface area contributed by atoms with Gasteiger partial charge in [0, 0.05) is 11.6 Å². The number of rotatable bonds is 4. The lowest BCUT2D eigenvalue weighted by molar-refractivity contribution is -0.137. The molecular weight excluding hydrogens is 322 g/mol. The van der Waals surface area contributed by atoms with E-state index in [1.54, 1.807) is 11.4 Å². The highest BCUT2D eigenvalue weighted by Crippen LogP contribution is 2.21. The summed E-state index contributed by atoms with van der Waals surface area (Å²) >= 11 is 4.69. The molecule has 0 saturated heterocycles. The first-order valence-electron chi connectivity index (χ1n) is 4.84. The number of carboxylic acid groups (broad SMARTS) is 1. The van der Waals surface area contributed by atoms with E-state index in [4.69, 9.17) is 5.11 Å². The quantitative estimate of drug-likeness (QED) is 0.899. The number of carbonyl (C=O) groups excluding carboxylic acids is 1. The number of anilines is 1. The van der Waals surface area contributed by atoms with Gasteiger partial charge < -0.3 is 10.4 Å². The van der Waals surface area contributed by atoms with Crippen LogP contribution in [0.25, 0.3) is 0 Å². The van der Waals surface area contributed by atoms with Crippen LogP contribution in [0.4, 0.5) is 5.69 Å². The molecular formula is C10H8BrN3O3S. The van der Waals surface area contributed by atoms with Gasteiger partial charge in [-0.05, 0) is 22.0 Å². The number of carbonyl (C=O) groups is 2. The highest BCUT2D eigenvalue weighted by atomic mass is 79.9. The van der Waals surface area contributed by atoms with Crippen molar-refractivity contribution < 1.29 is 14.7 Å². The summed E-state index contributed by atoms with van der Waals surface area (Å²) in [6.45, 7) is -0.236. The second-order valence-corrected chi connectivity index (χ2v) is 5.70. The first-order chi connectivity index (χ1) is 8.54. The summed E-state index contributed by atoms with van der Waals surface area (Å²) in [5.41, 5.74) is 1.00. The maximum absolute atomic E-state index is 11.8. The molecule has 2 aromatic heterocycles. The molecule has 0 saturated carbocycles. The first kappa shape index (κ1) is 12.8. The van der Waals surface area contributed by atoms with Crippen LogP contribution >= 0.6 is 27.3 Å². The normalized spacial score (nSPS) is 10.3. The van der Waals surface area contributed by atoms with Crippen molar-refractivity contribution in [3.63, 3.8) is 0 Å². The third kappa shape index (κ3) is 3.17. The molecule has 0 unspecified atom stereocenters. The highest BCUT2D eigenvalue weighted by molar-refractivity contribution is 9.11. The topological polar surface area (TPSA) is 84.2 Å². The Morgan fingerprint density at radius 3 is 2.94 bits per heavy atom. The predicted octanol–water partition coefficient (Wildman–Crippen LogP) is 2.04. The van der Waals surface area contributed by atoms with Crippen molar-refractivity contribution in [3.8, 4) is 0 Å². The molecule has 0 aliphatic carbocycles. The number of hydrogen-bond acceptors (Lipinski definition) is 4. The van der Waals surface area contributed by atoms with Crippen molar-refractivity contribution in [1.82, 2.24) is 9.78 Å². The largest absolute Gasteiger partial charge is 0.480 e. The summed E-state index contributed by atoms with van der Waals surface area (Å²) in [4.78, 5) is 22.3. The maximum atomic E-state index is 11.8. The molecule has 94 valence electrons. The van der Waals surface area contributed by atoms with E-state index in [1.807, 2.05) is 0 Å². The lowest BCUT2D eigenvalue weighted by Gasteiger charge is -1.99. The van der Waals surface area contributed by atoms with Crippen LogP contribution in [-0.2, 0) is 11.3 Å². The second kappa shape index (κ2) is 5.32. The van der Waals surface area contributed by atoms with Crippen LogP contribution in [-0.4, -0.2) is 26.8 Å². The van der Waals surface area contributed by atoms with Crippen LogP contribution in [0.15, 0.2) is 27.6 Å². The van der Waals surface area contributed by atoms with Crippen LogP contribution in [0, 0.1) is 0 Å². The Bertz CT molecular complexity index is 593. The summed E-state index contributed by atoms with van der Waals surface area (Å²) in [5.74, 6) is -1.25. The van der Waals surface area contributed by atoms with E-state index in [0.717, 1.165) is 3.79 Å². The minimum absolute atomic E-state index is 0.236. The second-order valence-electron chi connectivity index (χ2n) is 3.41. The highest BCUT2D eigenvalue weighted by Gasteiger charge is 2.10. The Morgan fingerprint density at radius 1 is 1.56 bits per heavy atom. The van der Waals surface area contributed by atoms with Gasteiger partial charge in [0.2, 0.25) is 0 Å². The fraction of sp³-hybridized carbons (Fsp3) is 0.100. The molecule has 0 aliphatic heterocycles. The summed E-state index contributed by atoms with van der Waals surface area (Å²) < 4.78 is 2.11. The minimum atomic E-state index is -0.988. The zero-order valence-electron chi connectivity index (χ0n) is 8.96. The molecule has 0 aliphatic rings. The lowest BCUT2D eigenvalue weighted by atomic mass is 10.3. The molecule has 18 heavy (non-hydrogen) atoms. The molecule has 0 atom stereocenters. The molecule has 0 spiro atoms. The maximum Gasteiger partial charge on any atom is 0.325 e. The number of hydrogen-bond donors (Lipinski definition) is 2. The fourth-order valence-corrected chi connectivity index (χ4v) is 2.42. The van der Waals surface area contributed by atoms with Crippen molar-refractivity contribution in [2.24, 2.45) is 0 Å². The first-order valence-corrected chi connectivity index (χ1v) is 6.51. The van der Waals surface area contributed by atoms with E-state index in [1.165, 1.54) is 28.4 Å². The molecule has 0 radical (unpaired) electrons. The average molecular weight is 330 g/mol. The monoisotopic (exact) mass is 329 g/mol. The fourth-order valence-electron chi connectivity index (χ4n) is 1.29. The number of thiophene rings is 1. The van der Waals surface area contributed by atoms with E-state index in [2.05, 4.69) is 26.3 Å². The van der Waals surface area contributed by atoms with Crippen LogP contribution in [0.3, 0.4) is 0 Å². The smallest absolute Gasteiger partial charge is 0.325 e. The molecule has 0 fully saturated rings. The molecule has 0 aromatic carbocycles. The Kier molecular flexibility index (Phi) is 3.78. The van der Waals surface area contributed by atoms with Crippen molar-refractivity contribution in [3.05, 3.63) is 33.2 Å². The van der Waals surface area contributed by atoms with Crippen LogP contribution in [0.1, 0.15) is 10.4 Å². The van der Waals surface area contributed by atoms with Gasteiger partial charge in [0.25, 0.3) is 5.91 Å². The molecule has 8 heteroatoms. The third-order valence-electron chi connectivity index (χ3n) is 2.02. The molecule has 1 amide bonds. The van der Waals surface area contributed by atoms with Crippen molar-refractivity contribution in [2.75, 3.05) is 5.32 Å². The number of aliphatic carboxylic acids is 1. The van der Waals surface area contributed by atoms with Gasteiger partial charge in [0.15, 0.2) is 0 Å². The molecule has 2 aromatic rings. The standard InChI is InChI=1S/C10H8BrN3O3S/c11-8-1-6(5-18-8)10(17)13-7-2-12-14(3-7)4-9(15)16/h1-3,5H,4H2,(H,13,17)(H,15,16). The summed E-state index contributed by atoms with van der Waals surface area (Å²) in [5, 5.41) is 16.8. The van der Waals surface area contributed by atoms with Gasteiger partial charge in [-0.3, -0.25) is 14.3 Å². The Balaban J connectivity index is 2.03. The Labute approximate surface area is 114 Å². The number of halogens is 1. The van der Waals surface area contributed by atoms with E-state index < -0.39 is 5.97 Å². The summed E-state index contributed by atoms with van der Waals surface area (Å²) in [6.07, 6.45) is 2.87. The van der Waals surface area contributed by atoms with Crippen LogP contribution < -0.4 is 5.32 Å². The van der Waals surface area contributed by atoms with Crippen molar-refractivity contribution in [2.45, 2.75) is 6.54 Å². The Hall–Kier alpha value is -1.67. The number of carboxylic acids is 1. The van der Waals surface area contributed by atoms with E-state index in [-0.39, 0.29) is 12.5 Å². The molecule has 2 N–H and O–H groups in total. The van der Waals surface area contributed by atoms with Gasteiger partial charge in [-0.25, -0.2) is 0 Å². The van der Waals surface area contributed by atoms with E-state index >= 15 is 0 Å². The molecule has 6 nitrogen and oxygen atoms in total. The molecule has 2 heterocycles. The zero-order valence-corrected chi connectivity index (χ0v) is 11.4. The van der Waals surface area contributed by atoms with Gasteiger partial charge in [-0.1, -0.05) is 0 Å². The van der Waals surface area contributed by atoms with Gasteiger partial charge in [-0.2, -0.15) is 5.10 Å². The van der Waals surface area contributed by atoms with Gasteiger partial charge in [-0.15, -0.1) is 11.3 Å². The number of amides is 1. The van der Waals surface area contributed by atoms with E-state index in [9.17, 15) is 9.59 Å². The van der Waals surface area contributed by atoms with Crippen LogP contribution in [0.2, 0.25) is 0 Å². The van der Waals surface area contributed by atoms with Crippen molar-refractivity contribution in [1.29, 1.82) is 0 Å². The molecule has 2 rings (SSSR count). The van der Waals surface area contributed by atoms with Crippen LogP contribution in [0.5, 0.6) is 0 Å². The predicted molar refractivity (Wildman–Crippen MR) is 69.8 cm³/mol. The average Bonchev–Trinajstić information content (AvgIpc) is 2.87. The lowest BCUT2D eigenvalue weighted by Crippen LogP contribution is -2.11. The van der Waals surface area contributed by atoms with E-state index in [0.29, 0.717) is 11.3 Å². The van der Waals surface area contributed by atoms with Gasteiger partial charge >= 0.3 is 5.97 Å².